The van der Waals surface area contributed by atoms with Crippen molar-refractivity contribution in [2.75, 3.05) is 13.2 Å². The third-order valence-electron chi connectivity index (χ3n) is 3.09. The molecular formula is C12H21N3O2. The standard InChI is InChI=1S/C12H21N3O2/c1-4-16-12(2,3)11-14-10(17-15-11)9-7-5-6-8-13-9/h9,13H,4-8H2,1-3H3/t9-/m0/s1. The lowest BCUT2D eigenvalue weighted by atomic mass is 10.1. The minimum absolute atomic E-state index is 0.211. The van der Waals surface area contributed by atoms with Crippen molar-refractivity contribution in [1.29, 1.82) is 0 Å². The number of rotatable bonds is 4. The van der Waals surface area contributed by atoms with Gasteiger partial charge in [0.15, 0.2) is 0 Å². The smallest absolute Gasteiger partial charge is 0.243 e. The van der Waals surface area contributed by atoms with Crippen LogP contribution in [-0.4, -0.2) is 23.3 Å². The van der Waals surface area contributed by atoms with Gasteiger partial charge in [-0.2, -0.15) is 4.98 Å². The molecule has 1 aliphatic rings. The highest BCUT2D eigenvalue weighted by Crippen LogP contribution is 2.26. The number of nitrogens with zero attached hydrogens (tertiary/aromatic N) is 2. The Bertz CT molecular complexity index is 356. The summed E-state index contributed by atoms with van der Waals surface area (Å²) in [5, 5.41) is 7.43. The van der Waals surface area contributed by atoms with Gasteiger partial charge in [-0.15, -0.1) is 0 Å². The molecule has 5 nitrogen and oxygen atoms in total. The maximum atomic E-state index is 5.61. The lowest BCUT2D eigenvalue weighted by molar-refractivity contribution is -0.0221. The lowest BCUT2D eigenvalue weighted by Gasteiger charge is -2.21. The Hall–Kier alpha value is -0.940. The molecule has 1 aromatic heterocycles. The summed E-state index contributed by atoms with van der Waals surface area (Å²) in [5.74, 6) is 1.31. The second-order valence-corrected chi connectivity index (χ2v) is 4.90. The Morgan fingerprint density at radius 1 is 1.47 bits per heavy atom. The molecule has 0 bridgehead atoms. The molecule has 2 heterocycles. The minimum Gasteiger partial charge on any atom is -0.368 e. The van der Waals surface area contributed by atoms with E-state index in [1.807, 2.05) is 20.8 Å². The van der Waals surface area contributed by atoms with Gasteiger partial charge in [-0.25, -0.2) is 0 Å². The molecule has 0 amide bonds. The van der Waals surface area contributed by atoms with E-state index >= 15 is 0 Å². The number of aromatic nitrogens is 2. The number of hydrogen-bond acceptors (Lipinski definition) is 5. The zero-order valence-electron chi connectivity index (χ0n) is 10.8. The molecule has 1 atom stereocenters. The lowest BCUT2D eigenvalue weighted by Crippen LogP contribution is -2.27. The Labute approximate surface area is 102 Å². The predicted octanol–water partition coefficient (Wildman–Crippen LogP) is 2.16. The second kappa shape index (κ2) is 5.14. The highest BCUT2D eigenvalue weighted by molar-refractivity contribution is 5.00. The summed E-state index contributed by atoms with van der Waals surface area (Å²) < 4.78 is 10.9. The first-order valence-corrected chi connectivity index (χ1v) is 6.35. The van der Waals surface area contributed by atoms with Crippen molar-refractivity contribution in [1.82, 2.24) is 15.5 Å². The molecule has 1 saturated heterocycles. The molecule has 0 unspecified atom stereocenters. The van der Waals surface area contributed by atoms with Gasteiger partial charge in [-0.3, -0.25) is 0 Å². The quantitative estimate of drug-likeness (QED) is 0.872. The summed E-state index contributed by atoms with van der Waals surface area (Å²) in [5.41, 5.74) is -0.481. The van der Waals surface area contributed by atoms with Gasteiger partial charge in [-0.05, 0) is 40.2 Å². The molecule has 96 valence electrons. The zero-order valence-corrected chi connectivity index (χ0v) is 10.8. The summed E-state index contributed by atoms with van der Waals surface area (Å²) in [6.07, 6.45) is 3.50. The van der Waals surface area contributed by atoms with E-state index in [0.29, 0.717) is 18.3 Å². The predicted molar refractivity (Wildman–Crippen MR) is 63.5 cm³/mol. The fourth-order valence-corrected chi connectivity index (χ4v) is 2.11. The van der Waals surface area contributed by atoms with Crippen molar-refractivity contribution >= 4 is 0 Å². The first kappa shape index (κ1) is 12.5. The van der Waals surface area contributed by atoms with Crippen LogP contribution in [0.5, 0.6) is 0 Å². The number of nitrogens with one attached hydrogen (secondary N) is 1. The van der Waals surface area contributed by atoms with E-state index in [9.17, 15) is 0 Å². The molecule has 0 aromatic carbocycles. The molecule has 0 radical (unpaired) electrons. The third kappa shape index (κ3) is 2.84. The first-order valence-electron chi connectivity index (χ1n) is 6.35. The van der Waals surface area contributed by atoms with Gasteiger partial charge in [0, 0.05) is 6.61 Å². The van der Waals surface area contributed by atoms with Crippen LogP contribution in [0.25, 0.3) is 0 Å². The Morgan fingerprint density at radius 3 is 2.94 bits per heavy atom. The van der Waals surface area contributed by atoms with Crippen LogP contribution in [0.1, 0.15) is 57.8 Å². The Morgan fingerprint density at radius 2 is 2.29 bits per heavy atom. The number of piperidine rings is 1. The van der Waals surface area contributed by atoms with E-state index in [-0.39, 0.29) is 6.04 Å². The molecule has 17 heavy (non-hydrogen) atoms. The van der Waals surface area contributed by atoms with Gasteiger partial charge in [0.05, 0.1) is 6.04 Å². The third-order valence-corrected chi connectivity index (χ3v) is 3.09. The Balaban J connectivity index is 2.09. The molecule has 0 saturated carbocycles. The molecule has 0 spiro atoms. The van der Waals surface area contributed by atoms with Crippen LogP contribution in [0.15, 0.2) is 4.52 Å². The van der Waals surface area contributed by atoms with Crippen molar-refractivity contribution < 1.29 is 9.26 Å². The van der Waals surface area contributed by atoms with Crippen LogP contribution in [0.3, 0.4) is 0 Å². The summed E-state index contributed by atoms with van der Waals surface area (Å²) >= 11 is 0. The van der Waals surface area contributed by atoms with E-state index in [1.165, 1.54) is 12.8 Å². The summed E-state index contributed by atoms with van der Waals surface area (Å²) in [6.45, 7) is 7.54. The maximum Gasteiger partial charge on any atom is 0.243 e. The normalized spacial score (nSPS) is 21.7. The van der Waals surface area contributed by atoms with Gasteiger partial charge in [0.2, 0.25) is 11.7 Å². The average Bonchev–Trinajstić information content (AvgIpc) is 2.80. The van der Waals surface area contributed by atoms with E-state index in [0.717, 1.165) is 13.0 Å². The average molecular weight is 239 g/mol. The first-order chi connectivity index (χ1) is 8.13. The molecule has 0 aliphatic carbocycles. The monoisotopic (exact) mass is 239 g/mol. The summed E-state index contributed by atoms with van der Waals surface area (Å²) in [4.78, 5) is 4.46. The number of ether oxygens (including phenoxy) is 1. The minimum atomic E-state index is -0.481. The number of hydrogen-bond donors (Lipinski definition) is 1. The second-order valence-electron chi connectivity index (χ2n) is 4.90. The SMILES string of the molecule is CCOC(C)(C)c1noc([C@@H]2CCCCN2)n1. The van der Waals surface area contributed by atoms with Crippen molar-refractivity contribution in [2.45, 2.75) is 51.7 Å². The molecule has 5 heteroatoms. The van der Waals surface area contributed by atoms with Gasteiger partial charge in [-0.1, -0.05) is 11.6 Å². The van der Waals surface area contributed by atoms with Crippen molar-refractivity contribution in [3.8, 4) is 0 Å². The van der Waals surface area contributed by atoms with Crippen LogP contribution in [-0.2, 0) is 10.3 Å². The van der Waals surface area contributed by atoms with Gasteiger partial charge in [0.1, 0.15) is 5.60 Å². The zero-order chi connectivity index (χ0) is 12.3. The van der Waals surface area contributed by atoms with Crippen LogP contribution >= 0.6 is 0 Å². The maximum absolute atomic E-state index is 5.61. The van der Waals surface area contributed by atoms with Crippen LogP contribution in [0.4, 0.5) is 0 Å². The van der Waals surface area contributed by atoms with Crippen LogP contribution in [0.2, 0.25) is 0 Å². The topological polar surface area (TPSA) is 60.2 Å². The molecule has 1 aliphatic heterocycles. The van der Waals surface area contributed by atoms with E-state index < -0.39 is 5.60 Å². The Kier molecular flexibility index (Phi) is 3.79. The highest BCUT2D eigenvalue weighted by Gasteiger charge is 2.29. The van der Waals surface area contributed by atoms with Gasteiger partial charge < -0.3 is 14.6 Å². The van der Waals surface area contributed by atoms with Crippen molar-refractivity contribution in [3.63, 3.8) is 0 Å². The van der Waals surface area contributed by atoms with E-state index in [1.54, 1.807) is 0 Å². The van der Waals surface area contributed by atoms with Crippen LogP contribution < -0.4 is 5.32 Å². The fraction of sp³-hybridized carbons (Fsp3) is 0.833. The van der Waals surface area contributed by atoms with Gasteiger partial charge >= 0.3 is 0 Å². The molecule has 1 fully saturated rings. The largest absolute Gasteiger partial charge is 0.368 e. The summed E-state index contributed by atoms with van der Waals surface area (Å²) in [7, 11) is 0. The van der Waals surface area contributed by atoms with Gasteiger partial charge in [0.25, 0.3) is 0 Å². The van der Waals surface area contributed by atoms with Crippen molar-refractivity contribution in [2.24, 2.45) is 0 Å². The molecule has 1 N–H and O–H groups in total. The highest BCUT2D eigenvalue weighted by atomic mass is 16.5. The van der Waals surface area contributed by atoms with Crippen LogP contribution in [0, 0.1) is 0 Å². The fourth-order valence-electron chi connectivity index (χ4n) is 2.11. The van der Waals surface area contributed by atoms with Crippen molar-refractivity contribution in [3.05, 3.63) is 11.7 Å². The molecule has 1 aromatic rings. The van der Waals surface area contributed by atoms with E-state index in [4.69, 9.17) is 9.26 Å². The van der Waals surface area contributed by atoms with E-state index in [2.05, 4.69) is 15.5 Å². The molecule has 2 rings (SSSR count). The molecular weight excluding hydrogens is 218 g/mol. The summed E-state index contributed by atoms with van der Waals surface area (Å²) in [6, 6.07) is 0.211.